The highest BCUT2D eigenvalue weighted by Gasteiger charge is 2.24. The molecule has 0 amide bonds. The van der Waals surface area contributed by atoms with Crippen molar-refractivity contribution in [1.82, 2.24) is 10.2 Å². The SMILES string of the molecule is CC1C(Cc2ccc([N+](=O)[O-])cc2)NCCN1C. The van der Waals surface area contributed by atoms with Gasteiger partial charge in [-0.25, -0.2) is 0 Å². The Morgan fingerprint density at radius 1 is 1.44 bits per heavy atom. The highest BCUT2D eigenvalue weighted by Crippen LogP contribution is 2.16. The summed E-state index contributed by atoms with van der Waals surface area (Å²) in [7, 11) is 2.13. The molecule has 1 saturated heterocycles. The second-order valence-corrected chi connectivity index (χ2v) is 4.91. The van der Waals surface area contributed by atoms with E-state index in [-0.39, 0.29) is 10.6 Å². The van der Waals surface area contributed by atoms with E-state index >= 15 is 0 Å². The Kier molecular flexibility index (Phi) is 3.93. The maximum absolute atomic E-state index is 10.6. The molecule has 1 heterocycles. The van der Waals surface area contributed by atoms with Crippen molar-refractivity contribution in [2.45, 2.75) is 25.4 Å². The van der Waals surface area contributed by atoms with Crippen LogP contribution in [0.25, 0.3) is 0 Å². The fraction of sp³-hybridized carbons (Fsp3) is 0.538. The van der Waals surface area contributed by atoms with Gasteiger partial charge in [-0.05, 0) is 26.0 Å². The third kappa shape index (κ3) is 2.86. The smallest absolute Gasteiger partial charge is 0.269 e. The molecular formula is C13H19N3O2. The molecule has 0 aliphatic carbocycles. The molecule has 5 nitrogen and oxygen atoms in total. The van der Waals surface area contributed by atoms with Crippen LogP contribution in [0.5, 0.6) is 0 Å². The summed E-state index contributed by atoms with van der Waals surface area (Å²) in [6.45, 7) is 4.28. The lowest BCUT2D eigenvalue weighted by atomic mass is 9.97. The van der Waals surface area contributed by atoms with Crippen LogP contribution in [0.1, 0.15) is 12.5 Å². The quantitative estimate of drug-likeness (QED) is 0.650. The number of non-ortho nitro benzene ring substituents is 1. The molecule has 5 heteroatoms. The van der Waals surface area contributed by atoms with Crippen molar-refractivity contribution in [2.24, 2.45) is 0 Å². The molecule has 0 aromatic heterocycles. The second-order valence-electron chi connectivity index (χ2n) is 4.91. The zero-order chi connectivity index (χ0) is 13.1. The third-order valence-corrected chi connectivity index (χ3v) is 3.75. The van der Waals surface area contributed by atoms with E-state index in [0.717, 1.165) is 25.1 Å². The van der Waals surface area contributed by atoms with Gasteiger partial charge in [0.25, 0.3) is 5.69 Å². The molecule has 0 saturated carbocycles. The van der Waals surface area contributed by atoms with E-state index in [1.54, 1.807) is 12.1 Å². The van der Waals surface area contributed by atoms with Crippen LogP contribution in [0, 0.1) is 10.1 Å². The molecule has 2 rings (SSSR count). The first-order chi connectivity index (χ1) is 8.58. The maximum Gasteiger partial charge on any atom is 0.269 e. The zero-order valence-electron chi connectivity index (χ0n) is 10.8. The van der Waals surface area contributed by atoms with Crippen LogP contribution in [-0.2, 0) is 6.42 Å². The highest BCUT2D eigenvalue weighted by atomic mass is 16.6. The number of nitro groups is 1. The third-order valence-electron chi connectivity index (χ3n) is 3.75. The van der Waals surface area contributed by atoms with Gasteiger partial charge in [-0.15, -0.1) is 0 Å². The maximum atomic E-state index is 10.6. The van der Waals surface area contributed by atoms with Crippen LogP contribution in [0.4, 0.5) is 5.69 Å². The first-order valence-electron chi connectivity index (χ1n) is 6.25. The van der Waals surface area contributed by atoms with Gasteiger partial charge in [-0.2, -0.15) is 0 Å². The Balaban J connectivity index is 2.02. The Bertz CT molecular complexity index is 419. The molecule has 98 valence electrons. The number of nitrogens with zero attached hydrogens (tertiary/aromatic N) is 2. The van der Waals surface area contributed by atoms with Gasteiger partial charge in [-0.3, -0.25) is 10.1 Å². The molecule has 1 fully saturated rings. The molecule has 18 heavy (non-hydrogen) atoms. The average molecular weight is 249 g/mol. The molecule has 2 atom stereocenters. The van der Waals surface area contributed by atoms with Crippen LogP contribution in [0.3, 0.4) is 0 Å². The highest BCUT2D eigenvalue weighted by molar-refractivity contribution is 5.33. The van der Waals surface area contributed by atoms with Crippen molar-refractivity contribution in [3.63, 3.8) is 0 Å². The number of likely N-dealkylation sites (N-methyl/N-ethyl adjacent to an activating group) is 1. The normalized spacial score (nSPS) is 25.0. The summed E-state index contributed by atoms with van der Waals surface area (Å²) < 4.78 is 0. The number of hydrogen-bond acceptors (Lipinski definition) is 4. The predicted molar refractivity (Wildman–Crippen MR) is 70.7 cm³/mol. The van der Waals surface area contributed by atoms with Crippen molar-refractivity contribution in [3.05, 3.63) is 39.9 Å². The van der Waals surface area contributed by atoms with Crippen LogP contribution < -0.4 is 5.32 Å². The first-order valence-corrected chi connectivity index (χ1v) is 6.25. The van der Waals surface area contributed by atoms with Gasteiger partial charge in [0.1, 0.15) is 0 Å². The number of nitro benzene ring substituents is 1. The summed E-state index contributed by atoms with van der Waals surface area (Å²) in [6.07, 6.45) is 0.906. The van der Waals surface area contributed by atoms with E-state index in [4.69, 9.17) is 0 Å². The van der Waals surface area contributed by atoms with Crippen LogP contribution in [-0.4, -0.2) is 42.0 Å². The van der Waals surface area contributed by atoms with E-state index in [1.807, 2.05) is 12.1 Å². The van der Waals surface area contributed by atoms with E-state index in [2.05, 4.69) is 24.2 Å². The molecule has 1 aliphatic heterocycles. The summed E-state index contributed by atoms with van der Waals surface area (Å²) in [5.74, 6) is 0. The van der Waals surface area contributed by atoms with Crippen LogP contribution in [0.15, 0.2) is 24.3 Å². The Morgan fingerprint density at radius 3 is 2.72 bits per heavy atom. The number of nitrogens with one attached hydrogen (secondary N) is 1. The molecule has 0 bridgehead atoms. The minimum Gasteiger partial charge on any atom is -0.311 e. The van der Waals surface area contributed by atoms with Gasteiger partial charge in [0.05, 0.1) is 4.92 Å². The Labute approximate surface area is 107 Å². The summed E-state index contributed by atoms with van der Waals surface area (Å²) >= 11 is 0. The molecule has 2 unspecified atom stereocenters. The van der Waals surface area contributed by atoms with Crippen molar-refractivity contribution >= 4 is 5.69 Å². The minimum absolute atomic E-state index is 0.153. The second kappa shape index (κ2) is 5.46. The zero-order valence-corrected chi connectivity index (χ0v) is 10.8. The molecule has 0 radical (unpaired) electrons. The number of benzene rings is 1. The van der Waals surface area contributed by atoms with E-state index in [1.165, 1.54) is 0 Å². The lowest BCUT2D eigenvalue weighted by Gasteiger charge is -2.38. The lowest BCUT2D eigenvalue weighted by Crippen LogP contribution is -2.55. The van der Waals surface area contributed by atoms with Gasteiger partial charge >= 0.3 is 0 Å². The van der Waals surface area contributed by atoms with Gasteiger partial charge in [0, 0.05) is 37.3 Å². The monoisotopic (exact) mass is 249 g/mol. The molecular weight excluding hydrogens is 230 g/mol. The fourth-order valence-corrected chi connectivity index (χ4v) is 2.36. The first kappa shape index (κ1) is 13.0. The van der Waals surface area contributed by atoms with Crippen molar-refractivity contribution < 1.29 is 4.92 Å². The average Bonchev–Trinajstić information content (AvgIpc) is 2.36. The van der Waals surface area contributed by atoms with Gasteiger partial charge in [-0.1, -0.05) is 12.1 Å². The molecule has 0 spiro atoms. The number of hydrogen-bond donors (Lipinski definition) is 1. The summed E-state index contributed by atoms with van der Waals surface area (Å²) in [5.41, 5.74) is 1.29. The Hall–Kier alpha value is -1.46. The summed E-state index contributed by atoms with van der Waals surface area (Å²) in [4.78, 5) is 12.6. The summed E-state index contributed by atoms with van der Waals surface area (Å²) in [5, 5.41) is 14.1. The molecule has 1 aromatic rings. The van der Waals surface area contributed by atoms with Crippen LogP contribution >= 0.6 is 0 Å². The van der Waals surface area contributed by atoms with Crippen molar-refractivity contribution in [1.29, 1.82) is 0 Å². The number of piperazine rings is 1. The topological polar surface area (TPSA) is 58.4 Å². The van der Waals surface area contributed by atoms with E-state index < -0.39 is 0 Å². The molecule has 1 N–H and O–H groups in total. The van der Waals surface area contributed by atoms with E-state index in [9.17, 15) is 10.1 Å². The van der Waals surface area contributed by atoms with Gasteiger partial charge in [0.15, 0.2) is 0 Å². The standard InChI is InChI=1S/C13H19N3O2/c1-10-13(14-7-8-15(10)2)9-11-3-5-12(6-4-11)16(17)18/h3-6,10,13-14H,7-9H2,1-2H3. The van der Waals surface area contributed by atoms with Crippen molar-refractivity contribution in [2.75, 3.05) is 20.1 Å². The Morgan fingerprint density at radius 2 is 2.11 bits per heavy atom. The van der Waals surface area contributed by atoms with Crippen molar-refractivity contribution in [3.8, 4) is 0 Å². The van der Waals surface area contributed by atoms with E-state index in [0.29, 0.717) is 12.1 Å². The molecule has 1 aliphatic rings. The van der Waals surface area contributed by atoms with Gasteiger partial charge in [0.2, 0.25) is 0 Å². The lowest BCUT2D eigenvalue weighted by molar-refractivity contribution is -0.384. The number of rotatable bonds is 3. The predicted octanol–water partition coefficient (Wildman–Crippen LogP) is 1.43. The van der Waals surface area contributed by atoms with Gasteiger partial charge < -0.3 is 10.2 Å². The summed E-state index contributed by atoms with van der Waals surface area (Å²) in [6, 6.07) is 7.74. The largest absolute Gasteiger partial charge is 0.311 e. The minimum atomic E-state index is -0.362. The van der Waals surface area contributed by atoms with Crippen LogP contribution in [0.2, 0.25) is 0 Å². The molecule has 1 aromatic carbocycles. The fourth-order valence-electron chi connectivity index (χ4n) is 2.36.